The van der Waals surface area contributed by atoms with Gasteiger partial charge in [0.05, 0.1) is 9.50 Å². The van der Waals surface area contributed by atoms with Crippen molar-refractivity contribution in [3.63, 3.8) is 0 Å². The third kappa shape index (κ3) is 3.51. The summed E-state index contributed by atoms with van der Waals surface area (Å²) in [5.74, 6) is 0.320. The Hall–Kier alpha value is -1.10. The molecule has 0 aliphatic rings. The van der Waals surface area contributed by atoms with Crippen molar-refractivity contribution in [1.82, 2.24) is 5.32 Å². The molecule has 0 saturated carbocycles. The van der Waals surface area contributed by atoms with Crippen LogP contribution in [0.25, 0.3) is 0 Å². The zero-order valence-electron chi connectivity index (χ0n) is 10.9. The fourth-order valence-corrected chi connectivity index (χ4v) is 2.48. The zero-order valence-corrected chi connectivity index (χ0v) is 13.3. The average Bonchev–Trinajstić information content (AvgIpc) is 2.43. The van der Waals surface area contributed by atoms with Gasteiger partial charge in [0.15, 0.2) is 0 Å². The van der Waals surface area contributed by atoms with E-state index in [1.54, 1.807) is 12.1 Å². The van der Waals surface area contributed by atoms with Crippen molar-refractivity contribution >= 4 is 27.5 Å². The van der Waals surface area contributed by atoms with Crippen molar-refractivity contribution in [3.8, 4) is 5.75 Å². The Kier molecular flexibility index (Phi) is 5.40. The molecule has 0 aromatic heterocycles. The normalized spacial score (nSPS) is 10.6. The minimum absolute atomic E-state index is 0.249. The van der Waals surface area contributed by atoms with Crippen LogP contribution in [0.1, 0.15) is 11.1 Å². The third-order valence-electron chi connectivity index (χ3n) is 2.82. The van der Waals surface area contributed by atoms with Crippen LogP contribution in [-0.2, 0) is 13.2 Å². The maximum absolute atomic E-state index is 13.4. The molecule has 2 aromatic rings. The van der Waals surface area contributed by atoms with Crippen molar-refractivity contribution in [2.24, 2.45) is 0 Å². The molecule has 2 nitrogen and oxygen atoms in total. The minimum atomic E-state index is -0.305. The zero-order chi connectivity index (χ0) is 14.5. The Morgan fingerprint density at radius 2 is 1.90 bits per heavy atom. The van der Waals surface area contributed by atoms with E-state index in [1.165, 1.54) is 6.07 Å². The van der Waals surface area contributed by atoms with Crippen LogP contribution in [0.5, 0.6) is 5.75 Å². The number of hydrogen-bond acceptors (Lipinski definition) is 2. The molecule has 0 amide bonds. The first-order valence-corrected chi connectivity index (χ1v) is 7.28. The first-order valence-electron chi connectivity index (χ1n) is 6.11. The van der Waals surface area contributed by atoms with Crippen LogP contribution >= 0.6 is 27.5 Å². The number of nitrogens with one attached hydrogen (secondary N) is 1. The minimum Gasteiger partial charge on any atom is -0.487 e. The SMILES string of the molecule is CNCc1cccc(Cl)c1OCc1cccc(F)c1Br. The molecule has 106 valence electrons. The molecule has 0 aliphatic heterocycles. The van der Waals surface area contributed by atoms with Crippen molar-refractivity contribution in [1.29, 1.82) is 0 Å². The van der Waals surface area contributed by atoms with Gasteiger partial charge in [-0.05, 0) is 35.1 Å². The van der Waals surface area contributed by atoms with Crippen LogP contribution in [0.2, 0.25) is 5.02 Å². The molecule has 0 bridgehead atoms. The maximum Gasteiger partial charge on any atom is 0.142 e. The van der Waals surface area contributed by atoms with Crippen LogP contribution in [0.4, 0.5) is 4.39 Å². The molecule has 0 heterocycles. The number of benzene rings is 2. The Morgan fingerprint density at radius 3 is 2.65 bits per heavy atom. The summed E-state index contributed by atoms with van der Waals surface area (Å²) in [6.07, 6.45) is 0. The van der Waals surface area contributed by atoms with Gasteiger partial charge in [0.1, 0.15) is 18.2 Å². The first-order chi connectivity index (χ1) is 9.63. The Morgan fingerprint density at radius 1 is 1.20 bits per heavy atom. The van der Waals surface area contributed by atoms with Gasteiger partial charge in [0, 0.05) is 17.7 Å². The van der Waals surface area contributed by atoms with Crippen LogP contribution in [0, 0.1) is 5.82 Å². The largest absolute Gasteiger partial charge is 0.487 e. The number of rotatable bonds is 5. The molecule has 0 saturated heterocycles. The second-order valence-electron chi connectivity index (χ2n) is 4.26. The summed E-state index contributed by atoms with van der Waals surface area (Å²) < 4.78 is 19.6. The summed E-state index contributed by atoms with van der Waals surface area (Å²) >= 11 is 9.39. The van der Waals surface area contributed by atoms with Gasteiger partial charge < -0.3 is 10.1 Å². The first kappa shape index (κ1) is 15.3. The van der Waals surface area contributed by atoms with Gasteiger partial charge in [0.25, 0.3) is 0 Å². The lowest BCUT2D eigenvalue weighted by molar-refractivity contribution is 0.301. The molecule has 0 atom stereocenters. The summed E-state index contributed by atoms with van der Waals surface area (Å²) in [5.41, 5.74) is 1.70. The molecule has 1 N–H and O–H groups in total. The maximum atomic E-state index is 13.4. The molecule has 0 radical (unpaired) electrons. The Labute approximate surface area is 131 Å². The lowest BCUT2D eigenvalue weighted by Crippen LogP contribution is -2.08. The van der Waals surface area contributed by atoms with E-state index < -0.39 is 0 Å². The van der Waals surface area contributed by atoms with Crippen LogP contribution in [-0.4, -0.2) is 7.05 Å². The predicted molar refractivity (Wildman–Crippen MR) is 82.6 cm³/mol. The van der Waals surface area contributed by atoms with Crippen molar-refractivity contribution in [3.05, 3.63) is 62.8 Å². The second kappa shape index (κ2) is 7.07. The van der Waals surface area contributed by atoms with E-state index in [0.717, 1.165) is 11.1 Å². The van der Waals surface area contributed by atoms with Gasteiger partial charge >= 0.3 is 0 Å². The molecule has 2 rings (SSSR count). The highest BCUT2D eigenvalue weighted by molar-refractivity contribution is 9.10. The van der Waals surface area contributed by atoms with Gasteiger partial charge in [-0.2, -0.15) is 0 Å². The molecule has 0 aliphatic carbocycles. The standard InChI is InChI=1S/C15H14BrClFNO/c1-19-8-10-4-2-6-12(17)15(10)20-9-11-5-3-7-13(18)14(11)16/h2-7,19H,8-9H2,1H3. The molecule has 0 unspecified atom stereocenters. The highest BCUT2D eigenvalue weighted by Crippen LogP contribution is 2.30. The van der Waals surface area contributed by atoms with Crippen LogP contribution in [0.3, 0.4) is 0 Å². The van der Waals surface area contributed by atoms with Gasteiger partial charge in [-0.1, -0.05) is 35.9 Å². The van der Waals surface area contributed by atoms with Gasteiger partial charge in [-0.3, -0.25) is 0 Å². The summed E-state index contributed by atoms with van der Waals surface area (Å²) in [6, 6.07) is 10.5. The van der Waals surface area contributed by atoms with E-state index in [1.807, 2.05) is 25.2 Å². The molecule has 2 aromatic carbocycles. The summed E-state index contributed by atoms with van der Waals surface area (Å²) in [5, 5.41) is 3.61. The fourth-order valence-electron chi connectivity index (χ4n) is 1.85. The summed E-state index contributed by atoms with van der Waals surface area (Å²) in [7, 11) is 1.86. The molecular weight excluding hydrogens is 345 g/mol. The topological polar surface area (TPSA) is 21.3 Å². The summed E-state index contributed by atoms with van der Waals surface area (Å²) in [6.45, 7) is 0.902. The van der Waals surface area contributed by atoms with E-state index >= 15 is 0 Å². The van der Waals surface area contributed by atoms with Gasteiger partial charge in [-0.15, -0.1) is 0 Å². The number of ether oxygens (including phenoxy) is 1. The molecule has 20 heavy (non-hydrogen) atoms. The number of para-hydroxylation sites is 1. The summed E-state index contributed by atoms with van der Waals surface area (Å²) in [4.78, 5) is 0. The van der Waals surface area contributed by atoms with Crippen molar-refractivity contribution in [2.75, 3.05) is 7.05 Å². The molecule has 0 fully saturated rings. The fraction of sp³-hybridized carbons (Fsp3) is 0.200. The molecule has 5 heteroatoms. The van der Waals surface area contributed by atoms with Gasteiger partial charge in [-0.25, -0.2) is 4.39 Å². The quantitative estimate of drug-likeness (QED) is 0.847. The van der Waals surface area contributed by atoms with E-state index in [2.05, 4.69) is 21.2 Å². The Bertz CT molecular complexity index is 606. The lowest BCUT2D eigenvalue weighted by atomic mass is 10.2. The van der Waals surface area contributed by atoms with Gasteiger partial charge in [0.2, 0.25) is 0 Å². The number of halogens is 3. The van der Waals surface area contributed by atoms with Crippen LogP contribution in [0.15, 0.2) is 40.9 Å². The van der Waals surface area contributed by atoms with E-state index in [9.17, 15) is 4.39 Å². The average molecular weight is 359 g/mol. The third-order valence-corrected chi connectivity index (χ3v) is 4.01. The van der Waals surface area contributed by atoms with Crippen LogP contribution < -0.4 is 10.1 Å². The van der Waals surface area contributed by atoms with E-state index in [-0.39, 0.29) is 12.4 Å². The van der Waals surface area contributed by atoms with Crippen molar-refractivity contribution in [2.45, 2.75) is 13.2 Å². The lowest BCUT2D eigenvalue weighted by Gasteiger charge is -2.14. The molecular formula is C15H14BrClFNO. The molecule has 0 spiro atoms. The monoisotopic (exact) mass is 357 g/mol. The smallest absolute Gasteiger partial charge is 0.142 e. The van der Waals surface area contributed by atoms with Crippen molar-refractivity contribution < 1.29 is 9.13 Å². The number of hydrogen-bond donors (Lipinski definition) is 1. The highest BCUT2D eigenvalue weighted by Gasteiger charge is 2.10. The van der Waals surface area contributed by atoms with E-state index in [0.29, 0.717) is 21.8 Å². The highest BCUT2D eigenvalue weighted by atomic mass is 79.9. The Balaban J connectivity index is 2.20. The van der Waals surface area contributed by atoms with E-state index in [4.69, 9.17) is 16.3 Å². The second-order valence-corrected chi connectivity index (χ2v) is 5.46. The predicted octanol–water partition coefficient (Wildman–Crippen LogP) is 4.54.